The summed E-state index contributed by atoms with van der Waals surface area (Å²) < 4.78 is 37.5. The van der Waals surface area contributed by atoms with Gasteiger partial charge in [-0.2, -0.15) is 13.2 Å². The third-order valence-electron chi connectivity index (χ3n) is 3.87. The summed E-state index contributed by atoms with van der Waals surface area (Å²) in [6.45, 7) is 1.67. The molecular formula is C14H21F3N4O. The van der Waals surface area contributed by atoms with Gasteiger partial charge in [0, 0.05) is 18.4 Å². The molecule has 1 aliphatic rings. The predicted octanol–water partition coefficient (Wildman–Crippen LogP) is 2.92. The summed E-state index contributed by atoms with van der Waals surface area (Å²) in [5.41, 5.74) is 2.67. The molecule has 8 heteroatoms. The van der Waals surface area contributed by atoms with E-state index in [-0.39, 0.29) is 6.04 Å². The third kappa shape index (κ3) is 5.42. The lowest BCUT2D eigenvalue weighted by Gasteiger charge is -2.31. The molecule has 0 aliphatic heterocycles. The fraction of sp³-hybridized carbons (Fsp3) is 0.714. The van der Waals surface area contributed by atoms with Crippen molar-refractivity contribution in [2.75, 3.05) is 12.1 Å². The SMILES string of the molecule is CC(NC1CCC(CONc2ncccn2)CC1)C(F)(F)F. The molecule has 5 nitrogen and oxygen atoms in total. The molecule has 1 fully saturated rings. The number of alkyl halides is 3. The molecule has 2 rings (SSSR count). The second-order valence-electron chi connectivity index (χ2n) is 5.63. The maximum atomic E-state index is 12.5. The largest absolute Gasteiger partial charge is 0.403 e. The standard InChI is InChI=1S/C14H21F3N4O/c1-10(14(15,16)17)20-12-5-3-11(4-6-12)9-22-21-13-18-7-2-8-19-13/h2,7-8,10-12,20H,3-6,9H2,1H3,(H,18,19,21). The monoisotopic (exact) mass is 318 g/mol. The summed E-state index contributed by atoms with van der Waals surface area (Å²) in [6, 6.07) is 0.182. The van der Waals surface area contributed by atoms with Crippen molar-refractivity contribution < 1.29 is 18.0 Å². The van der Waals surface area contributed by atoms with Crippen LogP contribution in [0.1, 0.15) is 32.6 Å². The molecule has 22 heavy (non-hydrogen) atoms. The number of nitrogens with zero attached hydrogens (tertiary/aromatic N) is 2. The normalized spacial score (nSPS) is 24.0. The van der Waals surface area contributed by atoms with Crippen molar-refractivity contribution in [2.45, 2.75) is 50.9 Å². The van der Waals surface area contributed by atoms with Crippen LogP contribution in [0.3, 0.4) is 0 Å². The van der Waals surface area contributed by atoms with E-state index in [1.54, 1.807) is 18.5 Å². The number of nitrogens with one attached hydrogen (secondary N) is 2. The molecule has 1 aliphatic carbocycles. The van der Waals surface area contributed by atoms with Crippen LogP contribution in [0.2, 0.25) is 0 Å². The fourth-order valence-electron chi connectivity index (χ4n) is 2.52. The number of hydrogen-bond acceptors (Lipinski definition) is 5. The van der Waals surface area contributed by atoms with E-state index in [4.69, 9.17) is 4.84 Å². The Morgan fingerprint density at radius 1 is 1.23 bits per heavy atom. The minimum atomic E-state index is -4.18. The first kappa shape index (κ1) is 17.0. The Bertz CT molecular complexity index is 435. The summed E-state index contributed by atoms with van der Waals surface area (Å²) >= 11 is 0. The van der Waals surface area contributed by atoms with Crippen molar-refractivity contribution in [3.63, 3.8) is 0 Å². The van der Waals surface area contributed by atoms with Gasteiger partial charge in [0.15, 0.2) is 0 Å². The van der Waals surface area contributed by atoms with Crippen LogP contribution in [0.15, 0.2) is 18.5 Å². The highest BCUT2D eigenvalue weighted by Gasteiger charge is 2.37. The van der Waals surface area contributed by atoms with E-state index >= 15 is 0 Å². The van der Waals surface area contributed by atoms with E-state index in [2.05, 4.69) is 20.8 Å². The van der Waals surface area contributed by atoms with Crippen LogP contribution in [0.4, 0.5) is 19.1 Å². The quantitative estimate of drug-likeness (QED) is 0.790. The Morgan fingerprint density at radius 3 is 2.45 bits per heavy atom. The maximum absolute atomic E-state index is 12.5. The lowest BCUT2D eigenvalue weighted by atomic mass is 9.86. The number of aromatic nitrogens is 2. The summed E-state index contributed by atoms with van der Waals surface area (Å²) in [7, 11) is 0. The van der Waals surface area contributed by atoms with E-state index in [1.807, 2.05) is 0 Å². The minimum Gasteiger partial charge on any atom is -0.304 e. The van der Waals surface area contributed by atoms with Crippen LogP contribution < -0.4 is 10.8 Å². The summed E-state index contributed by atoms with van der Waals surface area (Å²) in [5, 5.41) is 2.66. The van der Waals surface area contributed by atoms with Crippen LogP contribution in [0.25, 0.3) is 0 Å². The van der Waals surface area contributed by atoms with E-state index in [1.165, 1.54) is 6.92 Å². The predicted molar refractivity (Wildman–Crippen MR) is 76.0 cm³/mol. The number of rotatable bonds is 6. The van der Waals surface area contributed by atoms with Crippen LogP contribution in [-0.4, -0.2) is 34.8 Å². The Labute approximate surface area is 127 Å². The lowest BCUT2D eigenvalue weighted by molar-refractivity contribution is -0.154. The highest BCUT2D eigenvalue weighted by Crippen LogP contribution is 2.27. The molecule has 0 saturated heterocycles. The lowest BCUT2D eigenvalue weighted by Crippen LogP contribution is -2.46. The smallest absolute Gasteiger partial charge is 0.304 e. The number of hydrogen-bond donors (Lipinski definition) is 2. The van der Waals surface area contributed by atoms with E-state index in [9.17, 15) is 13.2 Å². The van der Waals surface area contributed by atoms with Crippen molar-refractivity contribution in [2.24, 2.45) is 5.92 Å². The van der Waals surface area contributed by atoms with Gasteiger partial charge in [-0.15, -0.1) is 0 Å². The van der Waals surface area contributed by atoms with Gasteiger partial charge in [-0.25, -0.2) is 15.4 Å². The average molecular weight is 318 g/mol. The topological polar surface area (TPSA) is 59.1 Å². The van der Waals surface area contributed by atoms with Gasteiger partial charge in [-0.1, -0.05) is 0 Å². The van der Waals surface area contributed by atoms with Gasteiger partial charge in [0.05, 0.1) is 6.61 Å². The summed E-state index contributed by atoms with van der Waals surface area (Å²) in [4.78, 5) is 13.3. The summed E-state index contributed by atoms with van der Waals surface area (Å²) in [6.07, 6.45) is 2.19. The molecule has 0 aromatic carbocycles. The van der Waals surface area contributed by atoms with Crippen LogP contribution in [-0.2, 0) is 4.84 Å². The summed E-state index contributed by atoms with van der Waals surface area (Å²) in [5.74, 6) is 0.743. The zero-order valence-corrected chi connectivity index (χ0v) is 12.4. The van der Waals surface area contributed by atoms with E-state index < -0.39 is 12.2 Å². The van der Waals surface area contributed by atoms with Crippen molar-refractivity contribution in [3.05, 3.63) is 18.5 Å². The van der Waals surface area contributed by atoms with Crippen LogP contribution in [0, 0.1) is 5.92 Å². The average Bonchev–Trinajstić information content (AvgIpc) is 2.49. The first-order chi connectivity index (χ1) is 10.4. The molecule has 0 amide bonds. The molecule has 0 radical (unpaired) electrons. The van der Waals surface area contributed by atoms with E-state index in [0.29, 0.717) is 18.5 Å². The molecule has 0 spiro atoms. The maximum Gasteiger partial charge on any atom is 0.403 e. The Morgan fingerprint density at radius 2 is 1.86 bits per heavy atom. The molecule has 1 unspecified atom stereocenters. The molecule has 1 saturated carbocycles. The molecule has 2 N–H and O–H groups in total. The Kier molecular flexibility index (Phi) is 5.96. The molecular weight excluding hydrogens is 297 g/mol. The van der Waals surface area contributed by atoms with Gasteiger partial charge in [0.2, 0.25) is 5.95 Å². The van der Waals surface area contributed by atoms with Gasteiger partial charge < -0.3 is 5.32 Å². The highest BCUT2D eigenvalue weighted by molar-refractivity contribution is 5.17. The zero-order valence-electron chi connectivity index (χ0n) is 12.4. The van der Waals surface area contributed by atoms with Crippen molar-refractivity contribution in [1.29, 1.82) is 0 Å². The van der Waals surface area contributed by atoms with Crippen molar-refractivity contribution in [3.8, 4) is 0 Å². The number of halogens is 3. The molecule has 124 valence electrons. The third-order valence-corrected chi connectivity index (χ3v) is 3.87. The number of anilines is 1. The van der Waals surface area contributed by atoms with Gasteiger partial charge in [-0.05, 0) is 44.6 Å². The molecule has 1 aromatic heterocycles. The van der Waals surface area contributed by atoms with Crippen molar-refractivity contribution >= 4 is 5.95 Å². The van der Waals surface area contributed by atoms with Gasteiger partial charge in [0.1, 0.15) is 6.04 Å². The first-order valence-electron chi connectivity index (χ1n) is 7.42. The highest BCUT2D eigenvalue weighted by atomic mass is 19.4. The van der Waals surface area contributed by atoms with E-state index in [0.717, 1.165) is 25.7 Å². The Hall–Kier alpha value is -1.41. The second-order valence-corrected chi connectivity index (χ2v) is 5.63. The minimum absolute atomic E-state index is 0.0710. The first-order valence-corrected chi connectivity index (χ1v) is 7.42. The fourth-order valence-corrected chi connectivity index (χ4v) is 2.52. The Balaban J connectivity index is 1.63. The second kappa shape index (κ2) is 7.73. The van der Waals surface area contributed by atoms with Crippen LogP contribution >= 0.6 is 0 Å². The van der Waals surface area contributed by atoms with Gasteiger partial charge in [0.25, 0.3) is 0 Å². The van der Waals surface area contributed by atoms with Crippen LogP contribution in [0.5, 0.6) is 0 Å². The zero-order chi connectivity index (χ0) is 16.0. The van der Waals surface area contributed by atoms with Gasteiger partial charge in [-0.3, -0.25) is 4.84 Å². The van der Waals surface area contributed by atoms with Gasteiger partial charge >= 0.3 is 6.18 Å². The molecule has 1 heterocycles. The molecule has 1 aromatic rings. The van der Waals surface area contributed by atoms with Crippen molar-refractivity contribution in [1.82, 2.24) is 15.3 Å². The molecule has 1 atom stereocenters. The molecule has 0 bridgehead atoms.